The molecule has 0 radical (unpaired) electrons. The third kappa shape index (κ3) is 1.71. The minimum Gasteiger partial charge on any atom is -0.322 e. The number of fused-ring (bicyclic) bond motifs is 3. The summed E-state index contributed by atoms with van der Waals surface area (Å²) in [4.78, 5) is 13.0. The van der Waals surface area contributed by atoms with Gasteiger partial charge in [0, 0.05) is 16.1 Å². The number of hydrogen-bond donors (Lipinski definition) is 1. The Bertz CT molecular complexity index is 1020. The Morgan fingerprint density at radius 1 is 1.04 bits per heavy atom. The molecule has 2 aliphatic rings. The van der Waals surface area contributed by atoms with Gasteiger partial charge in [-0.05, 0) is 28.1 Å². The minimum atomic E-state index is -0.386. The lowest BCUT2D eigenvalue weighted by Gasteiger charge is -2.25. The van der Waals surface area contributed by atoms with Crippen molar-refractivity contribution in [2.24, 2.45) is 0 Å². The first-order chi connectivity index (χ1) is 11.7. The second-order valence-electron chi connectivity index (χ2n) is 5.69. The summed E-state index contributed by atoms with van der Waals surface area (Å²) in [5.41, 5.74) is 3.90. The third-order valence-electron chi connectivity index (χ3n) is 4.39. The number of halogens is 1. The molecule has 1 N–H and O–H groups in total. The number of carbonyl (C=O) groups excluding carboxylic acids is 1. The van der Waals surface area contributed by atoms with Crippen LogP contribution in [-0.4, -0.2) is 26.0 Å². The first-order valence-corrected chi connectivity index (χ1v) is 7.80. The molecule has 2 aromatic carbocycles. The number of Topliss-reactive ketones (excluding diaryl/α,β-unsaturated/α-hetero) is 1. The van der Waals surface area contributed by atoms with Crippen LogP contribution in [0.2, 0.25) is 5.02 Å². The molecule has 2 heterocycles. The Morgan fingerprint density at radius 2 is 1.79 bits per heavy atom. The van der Waals surface area contributed by atoms with E-state index >= 15 is 0 Å². The summed E-state index contributed by atoms with van der Waals surface area (Å²) < 4.78 is 1.63. The maximum atomic E-state index is 13.0. The number of anilines is 1. The monoisotopic (exact) mass is 335 g/mol. The summed E-state index contributed by atoms with van der Waals surface area (Å²) >= 11 is 6.00. The van der Waals surface area contributed by atoms with E-state index in [2.05, 4.69) is 20.8 Å². The number of hydrogen-bond acceptors (Lipinski definition) is 5. The van der Waals surface area contributed by atoms with Crippen LogP contribution in [0.3, 0.4) is 0 Å². The SMILES string of the molecule is O=C1C2=C(Nc3nnnn3[C@@H]2c2ccc(Cl)cc2)c2ccccc21. The van der Waals surface area contributed by atoms with Gasteiger partial charge in [-0.3, -0.25) is 4.79 Å². The van der Waals surface area contributed by atoms with Gasteiger partial charge < -0.3 is 5.32 Å². The summed E-state index contributed by atoms with van der Waals surface area (Å²) in [6, 6.07) is 14.6. The molecular weight excluding hydrogens is 326 g/mol. The molecule has 1 aliphatic heterocycles. The van der Waals surface area contributed by atoms with Crippen molar-refractivity contribution in [2.45, 2.75) is 6.04 Å². The van der Waals surface area contributed by atoms with Crippen molar-refractivity contribution >= 4 is 29.0 Å². The number of carbonyl (C=O) groups is 1. The van der Waals surface area contributed by atoms with E-state index in [1.165, 1.54) is 0 Å². The Kier molecular flexibility index (Phi) is 2.66. The number of nitrogens with one attached hydrogen (secondary N) is 1. The number of nitrogens with zero attached hydrogens (tertiary/aromatic N) is 4. The number of benzene rings is 2. The van der Waals surface area contributed by atoms with Gasteiger partial charge in [-0.2, -0.15) is 4.68 Å². The van der Waals surface area contributed by atoms with E-state index in [4.69, 9.17) is 11.6 Å². The van der Waals surface area contributed by atoms with Crippen LogP contribution >= 0.6 is 11.6 Å². The average molecular weight is 336 g/mol. The molecule has 1 aliphatic carbocycles. The molecule has 0 saturated carbocycles. The summed E-state index contributed by atoms with van der Waals surface area (Å²) in [7, 11) is 0. The third-order valence-corrected chi connectivity index (χ3v) is 4.64. The fourth-order valence-corrected chi connectivity index (χ4v) is 3.46. The summed E-state index contributed by atoms with van der Waals surface area (Å²) in [5.74, 6) is 0.507. The van der Waals surface area contributed by atoms with Crippen LogP contribution in [0.5, 0.6) is 0 Å². The molecular formula is C17H10ClN5O. The van der Waals surface area contributed by atoms with Crippen molar-refractivity contribution in [2.75, 3.05) is 5.32 Å². The Labute approximate surface area is 141 Å². The topological polar surface area (TPSA) is 72.7 Å². The van der Waals surface area contributed by atoms with E-state index in [0.717, 1.165) is 16.8 Å². The van der Waals surface area contributed by atoms with E-state index in [1.807, 2.05) is 36.4 Å². The van der Waals surface area contributed by atoms with Crippen LogP contribution in [-0.2, 0) is 0 Å². The molecule has 1 atom stereocenters. The van der Waals surface area contributed by atoms with E-state index in [-0.39, 0.29) is 11.8 Å². The van der Waals surface area contributed by atoms with Gasteiger partial charge in [-0.15, -0.1) is 0 Å². The van der Waals surface area contributed by atoms with E-state index in [0.29, 0.717) is 22.1 Å². The highest BCUT2D eigenvalue weighted by molar-refractivity contribution is 6.30. The zero-order valence-corrected chi connectivity index (χ0v) is 13.0. The van der Waals surface area contributed by atoms with Crippen LogP contribution in [0, 0.1) is 0 Å². The molecule has 0 amide bonds. The predicted molar refractivity (Wildman–Crippen MR) is 88.7 cm³/mol. The summed E-state index contributed by atoms with van der Waals surface area (Å²) in [5, 5.41) is 15.7. The number of rotatable bonds is 1. The second kappa shape index (κ2) is 4.75. The van der Waals surface area contributed by atoms with Crippen LogP contribution < -0.4 is 5.32 Å². The average Bonchev–Trinajstić information content (AvgIpc) is 3.18. The lowest BCUT2D eigenvalue weighted by Crippen LogP contribution is -2.25. The first-order valence-electron chi connectivity index (χ1n) is 7.42. The molecule has 0 bridgehead atoms. The maximum absolute atomic E-state index is 13.0. The molecule has 0 saturated heterocycles. The maximum Gasteiger partial charge on any atom is 0.248 e. The fraction of sp³-hybridized carbons (Fsp3) is 0.0588. The minimum absolute atomic E-state index is 0.00537. The highest BCUT2D eigenvalue weighted by Crippen LogP contribution is 2.44. The standard InChI is InChI=1S/C17H10ClN5O/c18-10-7-5-9(6-8-10)15-13-14(19-17-20-21-22-23(15)17)11-3-1-2-4-12(11)16(13)24/h1-8,15H,(H,19,20,22)/t15-/m1/s1. The number of aromatic nitrogens is 4. The quantitative estimate of drug-likeness (QED) is 0.740. The molecule has 6 nitrogen and oxygen atoms in total. The summed E-state index contributed by atoms with van der Waals surface area (Å²) in [6.45, 7) is 0. The largest absolute Gasteiger partial charge is 0.322 e. The number of allylic oxidation sites excluding steroid dienone is 1. The number of tetrazole rings is 1. The molecule has 1 aromatic heterocycles. The zero-order valence-electron chi connectivity index (χ0n) is 12.3. The second-order valence-corrected chi connectivity index (χ2v) is 6.13. The van der Waals surface area contributed by atoms with Crippen LogP contribution in [0.1, 0.15) is 27.5 Å². The Morgan fingerprint density at radius 3 is 2.58 bits per heavy atom. The van der Waals surface area contributed by atoms with E-state index in [1.54, 1.807) is 16.8 Å². The molecule has 0 fully saturated rings. The van der Waals surface area contributed by atoms with Gasteiger partial charge in [-0.25, -0.2) is 0 Å². The van der Waals surface area contributed by atoms with Gasteiger partial charge in [0.2, 0.25) is 5.95 Å². The smallest absolute Gasteiger partial charge is 0.248 e. The Balaban J connectivity index is 1.77. The lowest BCUT2D eigenvalue weighted by atomic mass is 9.94. The van der Waals surface area contributed by atoms with Crippen molar-refractivity contribution in [3.8, 4) is 0 Å². The van der Waals surface area contributed by atoms with Gasteiger partial charge in [0.25, 0.3) is 0 Å². The lowest BCUT2D eigenvalue weighted by molar-refractivity contribution is 0.102. The first kappa shape index (κ1) is 13.4. The zero-order chi connectivity index (χ0) is 16.3. The van der Waals surface area contributed by atoms with Gasteiger partial charge in [-0.1, -0.05) is 53.1 Å². The van der Waals surface area contributed by atoms with E-state index < -0.39 is 0 Å². The highest BCUT2D eigenvalue weighted by Gasteiger charge is 2.41. The van der Waals surface area contributed by atoms with Gasteiger partial charge >= 0.3 is 0 Å². The molecule has 5 rings (SSSR count). The van der Waals surface area contributed by atoms with Crippen molar-refractivity contribution < 1.29 is 4.79 Å². The normalized spacial score (nSPS) is 18.0. The molecule has 0 unspecified atom stereocenters. The van der Waals surface area contributed by atoms with Gasteiger partial charge in [0.05, 0.1) is 11.3 Å². The van der Waals surface area contributed by atoms with Gasteiger partial charge in [0.15, 0.2) is 5.78 Å². The van der Waals surface area contributed by atoms with Crippen molar-refractivity contribution in [1.29, 1.82) is 0 Å². The van der Waals surface area contributed by atoms with Crippen LogP contribution in [0.25, 0.3) is 5.70 Å². The molecule has 7 heteroatoms. The predicted octanol–water partition coefficient (Wildman–Crippen LogP) is 2.95. The van der Waals surface area contributed by atoms with Crippen LogP contribution in [0.15, 0.2) is 54.1 Å². The number of ketones is 1. The molecule has 116 valence electrons. The van der Waals surface area contributed by atoms with Gasteiger partial charge in [0.1, 0.15) is 6.04 Å². The van der Waals surface area contributed by atoms with Crippen LogP contribution in [0.4, 0.5) is 5.95 Å². The molecule has 24 heavy (non-hydrogen) atoms. The Hall–Kier alpha value is -2.99. The molecule has 3 aromatic rings. The van der Waals surface area contributed by atoms with Crippen molar-refractivity contribution in [3.05, 3.63) is 75.8 Å². The van der Waals surface area contributed by atoms with Crippen molar-refractivity contribution in [1.82, 2.24) is 20.2 Å². The summed E-state index contributed by atoms with van der Waals surface area (Å²) in [6.07, 6.45) is 0. The van der Waals surface area contributed by atoms with E-state index in [9.17, 15) is 4.79 Å². The highest BCUT2D eigenvalue weighted by atomic mass is 35.5. The molecule has 0 spiro atoms. The van der Waals surface area contributed by atoms with Crippen molar-refractivity contribution in [3.63, 3.8) is 0 Å². The fourth-order valence-electron chi connectivity index (χ4n) is 3.34.